The van der Waals surface area contributed by atoms with Gasteiger partial charge in [0.15, 0.2) is 0 Å². The second-order valence-electron chi connectivity index (χ2n) is 6.47. The smallest absolute Gasteiger partial charge is 0.0700 e. The van der Waals surface area contributed by atoms with Crippen molar-refractivity contribution in [1.29, 1.82) is 0 Å². The molecule has 2 atom stereocenters. The molecule has 1 fully saturated rings. The van der Waals surface area contributed by atoms with Crippen LogP contribution >= 0.6 is 0 Å². The van der Waals surface area contributed by atoms with Crippen molar-refractivity contribution >= 4 is 0 Å². The maximum absolute atomic E-state index is 10.7. The minimum Gasteiger partial charge on any atom is -0.389 e. The fourth-order valence-corrected chi connectivity index (χ4v) is 2.96. The average molecular weight is 261 g/mol. The van der Waals surface area contributed by atoms with Gasteiger partial charge in [-0.2, -0.15) is 0 Å². The Hall–Kier alpha value is -0.860. The van der Waals surface area contributed by atoms with Crippen LogP contribution in [0.2, 0.25) is 0 Å². The number of nitrogens with one attached hydrogen (secondary N) is 1. The Bertz CT molecular complexity index is 388. The summed E-state index contributed by atoms with van der Waals surface area (Å²) in [6.07, 6.45) is 3.05. The first-order valence-electron chi connectivity index (χ1n) is 7.51. The van der Waals surface area contributed by atoms with Crippen molar-refractivity contribution in [2.24, 2.45) is 5.92 Å². The first-order chi connectivity index (χ1) is 8.99. The Balaban J connectivity index is 2.02. The molecular formula is C17H27NO. The van der Waals surface area contributed by atoms with Crippen molar-refractivity contribution < 1.29 is 5.11 Å². The molecule has 1 heterocycles. The lowest BCUT2D eigenvalue weighted by molar-refractivity contribution is -0.0102. The van der Waals surface area contributed by atoms with Crippen molar-refractivity contribution in [3.8, 4) is 0 Å². The summed E-state index contributed by atoms with van der Waals surface area (Å²) in [5, 5.41) is 14.1. The van der Waals surface area contributed by atoms with Gasteiger partial charge in [0, 0.05) is 18.9 Å². The fraction of sp³-hybridized carbons (Fsp3) is 0.647. The average Bonchev–Trinajstić information content (AvgIpc) is 2.40. The van der Waals surface area contributed by atoms with E-state index in [9.17, 15) is 5.11 Å². The molecular weight excluding hydrogens is 234 g/mol. The molecule has 2 rings (SSSR count). The maximum Gasteiger partial charge on any atom is 0.0700 e. The van der Waals surface area contributed by atoms with Gasteiger partial charge in [0.25, 0.3) is 0 Å². The maximum atomic E-state index is 10.7. The highest BCUT2D eigenvalue weighted by atomic mass is 16.3. The van der Waals surface area contributed by atoms with Gasteiger partial charge in [-0.05, 0) is 43.4 Å². The molecule has 106 valence electrons. The molecule has 1 aliphatic heterocycles. The van der Waals surface area contributed by atoms with Gasteiger partial charge in [0.05, 0.1) is 5.60 Å². The van der Waals surface area contributed by atoms with E-state index in [2.05, 4.69) is 43.4 Å². The Morgan fingerprint density at radius 1 is 1.32 bits per heavy atom. The number of benzene rings is 1. The summed E-state index contributed by atoms with van der Waals surface area (Å²) >= 11 is 0. The highest BCUT2D eigenvalue weighted by Gasteiger charge is 2.32. The summed E-state index contributed by atoms with van der Waals surface area (Å²) < 4.78 is 0. The van der Waals surface area contributed by atoms with E-state index in [1.165, 1.54) is 17.5 Å². The molecule has 1 aromatic carbocycles. The minimum atomic E-state index is -0.604. The van der Waals surface area contributed by atoms with Crippen LogP contribution in [0.3, 0.4) is 0 Å². The largest absolute Gasteiger partial charge is 0.389 e. The van der Waals surface area contributed by atoms with Gasteiger partial charge >= 0.3 is 0 Å². The second kappa shape index (κ2) is 6.06. The third-order valence-electron chi connectivity index (χ3n) is 4.38. The fourth-order valence-electron chi connectivity index (χ4n) is 2.96. The summed E-state index contributed by atoms with van der Waals surface area (Å²) in [7, 11) is 0. The van der Waals surface area contributed by atoms with Gasteiger partial charge in [-0.3, -0.25) is 0 Å². The van der Waals surface area contributed by atoms with Crippen LogP contribution in [0.4, 0.5) is 0 Å². The van der Waals surface area contributed by atoms with E-state index in [1.54, 1.807) is 0 Å². The lowest BCUT2D eigenvalue weighted by Gasteiger charge is -2.36. The predicted molar refractivity (Wildman–Crippen MR) is 80.5 cm³/mol. The molecule has 2 unspecified atom stereocenters. The van der Waals surface area contributed by atoms with E-state index in [0.717, 1.165) is 25.9 Å². The summed E-state index contributed by atoms with van der Waals surface area (Å²) in [6.45, 7) is 8.44. The van der Waals surface area contributed by atoms with Crippen molar-refractivity contribution in [3.05, 3.63) is 35.4 Å². The molecule has 1 aliphatic rings. The monoisotopic (exact) mass is 261 g/mol. The molecule has 0 amide bonds. The number of hydrogen-bond acceptors (Lipinski definition) is 2. The highest BCUT2D eigenvalue weighted by molar-refractivity contribution is 5.25. The Morgan fingerprint density at radius 2 is 2.00 bits per heavy atom. The summed E-state index contributed by atoms with van der Waals surface area (Å²) in [4.78, 5) is 0. The predicted octanol–water partition coefficient (Wildman–Crippen LogP) is 3.10. The molecule has 0 spiro atoms. The van der Waals surface area contributed by atoms with Crippen LogP contribution in [-0.4, -0.2) is 23.8 Å². The molecule has 0 saturated carbocycles. The molecule has 1 saturated heterocycles. The van der Waals surface area contributed by atoms with Gasteiger partial charge < -0.3 is 10.4 Å². The van der Waals surface area contributed by atoms with Crippen LogP contribution in [-0.2, 0) is 6.42 Å². The summed E-state index contributed by atoms with van der Waals surface area (Å²) in [5.41, 5.74) is 2.00. The molecule has 1 aromatic rings. The van der Waals surface area contributed by atoms with Gasteiger partial charge in [0.2, 0.25) is 0 Å². The molecule has 2 heteroatoms. The number of piperidine rings is 1. The molecule has 0 aliphatic carbocycles. The first-order valence-corrected chi connectivity index (χ1v) is 7.51. The van der Waals surface area contributed by atoms with E-state index in [0.29, 0.717) is 11.8 Å². The SMILES string of the molecule is CC(C)c1ccc(CC(C)(O)C2CCCNC2)cc1. The normalized spacial score (nSPS) is 23.3. The molecule has 2 N–H and O–H groups in total. The van der Waals surface area contributed by atoms with Crippen molar-refractivity contribution in [3.63, 3.8) is 0 Å². The zero-order valence-electron chi connectivity index (χ0n) is 12.4. The van der Waals surface area contributed by atoms with Gasteiger partial charge in [-0.25, -0.2) is 0 Å². The van der Waals surface area contributed by atoms with Crippen LogP contribution in [0.25, 0.3) is 0 Å². The molecule has 0 bridgehead atoms. The molecule has 19 heavy (non-hydrogen) atoms. The number of rotatable bonds is 4. The van der Waals surface area contributed by atoms with Crippen LogP contribution in [0, 0.1) is 5.92 Å². The van der Waals surface area contributed by atoms with Gasteiger partial charge in [0.1, 0.15) is 0 Å². The zero-order valence-corrected chi connectivity index (χ0v) is 12.4. The first kappa shape index (κ1) is 14.5. The van der Waals surface area contributed by atoms with Crippen molar-refractivity contribution in [2.45, 2.75) is 51.6 Å². The third kappa shape index (κ3) is 3.80. The van der Waals surface area contributed by atoms with E-state index < -0.39 is 5.60 Å². The Labute approximate surface area is 117 Å². The van der Waals surface area contributed by atoms with Gasteiger partial charge in [-0.15, -0.1) is 0 Å². The standard InChI is InChI=1S/C17H27NO/c1-13(2)15-8-6-14(7-9-15)11-17(3,19)16-5-4-10-18-12-16/h6-9,13,16,18-19H,4-5,10-12H2,1-3H3. The van der Waals surface area contributed by atoms with Crippen LogP contribution in [0.15, 0.2) is 24.3 Å². The van der Waals surface area contributed by atoms with Gasteiger partial charge in [-0.1, -0.05) is 38.1 Å². The third-order valence-corrected chi connectivity index (χ3v) is 4.38. The van der Waals surface area contributed by atoms with E-state index in [1.807, 2.05) is 6.92 Å². The summed E-state index contributed by atoms with van der Waals surface area (Å²) in [5.74, 6) is 0.933. The van der Waals surface area contributed by atoms with Crippen LogP contribution in [0.1, 0.15) is 50.7 Å². The number of aliphatic hydroxyl groups is 1. The lowest BCUT2D eigenvalue weighted by atomic mass is 9.79. The van der Waals surface area contributed by atoms with Crippen LogP contribution < -0.4 is 5.32 Å². The Kier molecular flexibility index (Phi) is 4.64. The van der Waals surface area contributed by atoms with E-state index >= 15 is 0 Å². The van der Waals surface area contributed by atoms with E-state index in [-0.39, 0.29) is 0 Å². The minimum absolute atomic E-state index is 0.367. The summed E-state index contributed by atoms with van der Waals surface area (Å²) in [6, 6.07) is 8.71. The van der Waals surface area contributed by atoms with E-state index in [4.69, 9.17) is 0 Å². The molecule has 2 nitrogen and oxygen atoms in total. The topological polar surface area (TPSA) is 32.3 Å². The lowest BCUT2D eigenvalue weighted by Crippen LogP contribution is -2.45. The highest BCUT2D eigenvalue weighted by Crippen LogP contribution is 2.28. The zero-order chi connectivity index (χ0) is 13.9. The molecule has 0 radical (unpaired) electrons. The second-order valence-corrected chi connectivity index (χ2v) is 6.47. The van der Waals surface area contributed by atoms with Crippen molar-refractivity contribution in [2.75, 3.05) is 13.1 Å². The number of hydrogen-bond donors (Lipinski definition) is 2. The van der Waals surface area contributed by atoms with Crippen LogP contribution in [0.5, 0.6) is 0 Å². The quantitative estimate of drug-likeness (QED) is 0.873. The molecule has 0 aromatic heterocycles. The Morgan fingerprint density at radius 3 is 2.53 bits per heavy atom. The van der Waals surface area contributed by atoms with Crippen molar-refractivity contribution in [1.82, 2.24) is 5.32 Å².